The molecule has 3 aliphatic rings. The van der Waals surface area contributed by atoms with Gasteiger partial charge in [-0.1, -0.05) is 133 Å². The normalized spacial score (nSPS) is 13.5. The summed E-state index contributed by atoms with van der Waals surface area (Å²) in [7, 11) is 0. The minimum Gasteiger partial charge on any atom is -0.455 e. The quantitative estimate of drug-likeness (QED) is 0.143. The largest absolute Gasteiger partial charge is 0.455 e. The first-order valence-corrected chi connectivity index (χ1v) is 20.3. The number of hydrogen-bond donors (Lipinski definition) is 0. The molecule has 16 rings (SSSR count). The van der Waals surface area contributed by atoms with E-state index >= 15 is 0 Å². The Morgan fingerprint density at radius 3 is 1.97 bits per heavy atom. The van der Waals surface area contributed by atoms with Crippen LogP contribution in [0.5, 0.6) is 0 Å². The lowest BCUT2D eigenvalue weighted by Crippen LogP contribution is -2.55. The number of nitrogens with zero attached hydrogens (tertiary/aromatic N) is 2. The van der Waals surface area contributed by atoms with Crippen LogP contribution in [0.2, 0.25) is 0 Å². The van der Waals surface area contributed by atoms with Crippen molar-refractivity contribution in [3.8, 4) is 39.1 Å². The zero-order valence-electron chi connectivity index (χ0n) is 31.0. The second-order valence-electron chi connectivity index (χ2n) is 16.7. The van der Waals surface area contributed by atoms with Crippen LogP contribution in [-0.2, 0) is 0 Å². The first-order valence-electron chi connectivity index (χ1n) is 20.3. The van der Waals surface area contributed by atoms with Gasteiger partial charge in [0.25, 0.3) is 0 Å². The third-order valence-electron chi connectivity index (χ3n) is 14.1. The van der Waals surface area contributed by atoms with Crippen molar-refractivity contribution in [1.82, 2.24) is 9.05 Å². The Morgan fingerprint density at radius 1 is 0.414 bits per heavy atom. The molecule has 0 fully saturated rings. The van der Waals surface area contributed by atoms with Gasteiger partial charge in [-0.3, -0.25) is 0 Å². The molecule has 5 heterocycles. The molecule has 262 valence electrons. The van der Waals surface area contributed by atoms with Crippen molar-refractivity contribution in [2.45, 2.75) is 0 Å². The zero-order chi connectivity index (χ0) is 37.1. The van der Waals surface area contributed by atoms with Crippen LogP contribution in [0.15, 0.2) is 168 Å². The van der Waals surface area contributed by atoms with Crippen LogP contribution in [0, 0.1) is 0 Å². The molecule has 4 heteroatoms. The highest BCUT2D eigenvalue weighted by atomic mass is 16.3. The van der Waals surface area contributed by atoms with Gasteiger partial charge in [-0.25, -0.2) is 0 Å². The molecule has 10 aromatic carbocycles. The van der Waals surface area contributed by atoms with Crippen molar-refractivity contribution in [3.05, 3.63) is 164 Å². The molecule has 58 heavy (non-hydrogen) atoms. The minimum atomic E-state index is -0.101. The molecule has 1 aliphatic carbocycles. The average molecular weight is 731 g/mol. The third kappa shape index (κ3) is 3.04. The molecule has 2 aliphatic heterocycles. The fourth-order valence-corrected chi connectivity index (χ4v) is 12.1. The van der Waals surface area contributed by atoms with Gasteiger partial charge in [0, 0.05) is 60.2 Å². The standard InChI is InChI=1S/C54H27BN2O/c1-3-14-31-28(11-1)23-24-42-46(31)48-32-15-4-2-12-29(32)25-39-49-51-43(27-38-35-18-7-8-22-44(35)58-54(38)49)56-41-21-10-20-37-34-17-6-5-16-33(34)36-19-9-13-30-26-40(55(51)57(42)52(39)48)53(56)50(45(30)36)47(37)41/h1-27H. The third-order valence-corrected chi connectivity index (χ3v) is 14.1. The molecule has 0 unspecified atom stereocenters. The average Bonchev–Trinajstić information content (AvgIpc) is 3.92. The Morgan fingerprint density at radius 2 is 1.10 bits per heavy atom. The van der Waals surface area contributed by atoms with Crippen LogP contribution >= 0.6 is 0 Å². The molecule has 0 bridgehead atoms. The maximum Gasteiger partial charge on any atom is 0.333 e. The van der Waals surface area contributed by atoms with E-state index in [9.17, 15) is 0 Å². The van der Waals surface area contributed by atoms with E-state index in [1.54, 1.807) is 0 Å². The smallest absolute Gasteiger partial charge is 0.333 e. The summed E-state index contributed by atoms with van der Waals surface area (Å²) in [4.78, 5) is 0. The summed E-state index contributed by atoms with van der Waals surface area (Å²) in [5.74, 6) is 0. The van der Waals surface area contributed by atoms with Gasteiger partial charge in [0.2, 0.25) is 0 Å². The van der Waals surface area contributed by atoms with E-state index in [0.29, 0.717) is 0 Å². The summed E-state index contributed by atoms with van der Waals surface area (Å²) < 4.78 is 12.4. The molecule has 13 aromatic rings. The first kappa shape index (κ1) is 28.8. The first-order chi connectivity index (χ1) is 28.8. The molecule has 0 atom stereocenters. The predicted octanol–water partition coefficient (Wildman–Crippen LogP) is 12.8. The van der Waals surface area contributed by atoms with E-state index in [0.717, 1.165) is 21.9 Å². The van der Waals surface area contributed by atoms with E-state index in [1.165, 1.54) is 126 Å². The molecule has 0 N–H and O–H groups in total. The lowest BCUT2D eigenvalue weighted by atomic mass is 9.45. The predicted molar refractivity (Wildman–Crippen MR) is 244 cm³/mol. The van der Waals surface area contributed by atoms with Crippen LogP contribution in [0.25, 0.3) is 137 Å². The van der Waals surface area contributed by atoms with Crippen molar-refractivity contribution < 1.29 is 4.42 Å². The van der Waals surface area contributed by atoms with E-state index in [-0.39, 0.29) is 6.85 Å². The molecular weight excluding hydrogens is 703 g/mol. The fraction of sp³-hybridized carbons (Fsp3) is 0. The lowest BCUT2D eigenvalue weighted by Gasteiger charge is -2.34. The molecular formula is C54H27BN2O. The number of para-hydroxylation sites is 1. The number of furan rings is 1. The Kier molecular flexibility index (Phi) is 4.72. The summed E-state index contributed by atoms with van der Waals surface area (Å²) >= 11 is 0. The lowest BCUT2D eigenvalue weighted by molar-refractivity contribution is 0.670. The Balaban J connectivity index is 1.23. The maximum absolute atomic E-state index is 7.09. The molecule has 3 aromatic heterocycles. The Hall–Kier alpha value is -7.56. The minimum absolute atomic E-state index is 0.101. The van der Waals surface area contributed by atoms with Crippen LogP contribution in [-0.4, -0.2) is 15.9 Å². The highest BCUT2D eigenvalue weighted by molar-refractivity contribution is 6.91. The SMILES string of the molecule is c1ccc2c(c1)-c1cccc3cc4c5c(c13)c1c-2cccc1n5-c1cc2c(oc3ccccc32)c2c1B4n1c3ccc4ccccc4c3c3c4ccccc4cc-2c31. The Bertz CT molecular complexity index is 4160. The van der Waals surface area contributed by atoms with Crippen LogP contribution in [0.3, 0.4) is 0 Å². The van der Waals surface area contributed by atoms with Gasteiger partial charge in [0.05, 0.1) is 11.0 Å². The molecule has 0 spiro atoms. The van der Waals surface area contributed by atoms with E-state index in [4.69, 9.17) is 4.42 Å². The number of hydrogen-bond acceptors (Lipinski definition) is 1. The van der Waals surface area contributed by atoms with Crippen molar-refractivity contribution in [2.24, 2.45) is 0 Å². The maximum atomic E-state index is 7.09. The van der Waals surface area contributed by atoms with Crippen LogP contribution < -0.4 is 10.9 Å². The second kappa shape index (κ2) is 9.51. The highest BCUT2D eigenvalue weighted by Gasteiger charge is 2.44. The van der Waals surface area contributed by atoms with Gasteiger partial charge >= 0.3 is 6.85 Å². The monoisotopic (exact) mass is 730 g/mol. The van der Waals surface area contributed by atoms with Crippen molar-refractivity contribution in [1.29, 1.82) is 0 Å². The highest BCUT2D eigenvalue weighted by Crippen LogP contribution is 2.53. The van der Waals surface area contributed by atoms with E-state index < -0.39 is 0 Å². The van der Waals surface area contributed by atoms with Gasteiger partial charge in [0.15, 0.2) is 0 Å². The van der Waals surface area contributed by atoms with Gasteiger partial charge < -0.3 is 13.5 Å². The topological polar surface area (TPSA) is 23.0 Å². The fourth-order valence-electron chi connectivity index (χ4n) is 12.1. The summed E-state index contributed by atoms with van der Waals surface area (Å²) in [5, 5.41) is 15.3. The molecule has 3 nitrogen and oxygen atoms in total. The molecule has 0 saturated carbocycles. The van der Waals surface area contributed by atoms with E-state index in [1.807, 2.05) is 0 Å². The van der Waals surface area contributed by atoms with Gasteiger partial charge in [0.1, 0.15) is 11.2 Å². The summed E-state index contributed by atoms with van der Waals surface area (Å²) in [5.41, 5.74) is 18.5. The van der Waals surface area contributed by atoms with Crippen molar-refractivity contribution >= 4 is 116 Å². The number of fused-ring (bicyclic) bond motifs is 19. The van der Waals surface area contributed by atoms with E-state index in [2.05, 4.69) is 173 Å². The summed E-state index contributed by atoms with van der Waals surface area (Å²) in [6, 6.07) is 61.6. The Labute approximate surface area is 330 Å². The summed E-state index contributed by atoms with van der Waals surface area (Å²) in [6.45, 7) is -0.101. The number of aromatic nitrogens is 2. The molecule has 0 amide bonds. The van der Waals surface area contributed by atoms with Crippen molar-refractivity contribution in [3.63, 3.8) is 0 Å². The summed E-state index contributed by atoms with van der Waals surface area (Å²) in [6.07, 6.45) is 0. The number of rotatable bonds is 0. The molecule has 0 radical (unpaired) electrons. The van der Waals surface area contributed by atoms with Crippen molar-refractivity contribution in [2.75, 3.05) is 0 Å². The van der Waals surface area contributed by atoms with Crippen LogP contribution in [0.4, 0.5) is 0 Å². The van der Waals surface area contributed by atoms with Crippen LogP contribution in [0.1, 0.15) is 0 Å². The molecule has 0 saturated heterocycles. The van der Waals surface area contributed by atoms with Gasteiger partial charge in [-0.05, 0) is 95.8 Å². The van der Waals surface area contributed by atoms with Gasteiger partial charge in [-0.2, -0.15) is 0 Å². The van der Waals surface area contributed by atoms with Gasteiger partial charge in [-0.15, -0.1) is 0 Å². The zero-order valence-corrected chi connectivity index (χ0v) is 31.0. The number of benzene rings is 10. The second-order valence-corrected chi connectivity index (χ2v) is 16.7.